The maximum Gasteiger partial charge on any atom is 0.189 e. The number of hydrogen-bond acceptors (Lipinski definition) is 4. The molecule has 4 rings (SSSR count). The molecule has 0 bridgehead atoms. The highest BCUT2D eigenvalue weighted by molar-refractivity contribution is 5.78. The van der Waals surface area contributed by atoms with Crippen LogP contribution in [-0.2, 0) is 11.3 Å². The predicted molar refractivity (Wildman–Crippen MR) is 88.3 cm³/mol. The third-order valence-electron chi connectivity index (χ3n) is 5.25. The van der Waals surface area contributed by atoms with Gasteiger partial charge in [0, 0.05) is 42.9 Å². The van der Waals surface area contributed by atoms with E-state index in [4.69, 9.17) is 4.74 Å². The van der Waals surface area contributed by atoms with E-state index >= 15 is 0 Å². The monoisotopic (exact) mass is 332 g/mol. The summed E-state index contributed by atoms with van der Waals surface area (Å²) in [5, 5.41) is 9.79. The van der Waals surface area contributed by atoms with Crippen LogP contribution in [0.2, 0.25) is 0 Å². The lowest BCUT2D eigenvalue weighted by Crippen LogP contribution is -2.48. The van der Waals surface area contributed by atoms with Gasteiger partial charge < -0.3 is 14.8 Å². The Bertz CT molecular complexity index is 806. The number of aliphatic hydroxyl groups excluding tert-OH is 1. The number of pyridine rings is 1. The Kier molecular flexibility index (Phi) is 4.12. The van der Waals surface area contributed by atoms with Gasteiger partial charge in [-0.1, -0.05) is 6.07 Å². The summed E-state index contributed by atoms with van der Waals surface area (Å²) in [7, 11) is 0. The van der Waals surface area contributed by atoms with Crippen LogP contribution in [0.25, 0.3) is 10.9 Å². The van der Waals surface area contributed by atoms with E-state index in [0.717, 1.165) is 19.4 Å². The van der Waals surface area contributed by atoms with Crippen molar-refractivity contribution in [2.45, 2.75) is 31.5 Å². The van der Waals surface area contributed by atoms with Crippen molar-refractivity contribution in [2.75, 3.05) is 19.8 Å². The first-order chi connectivity index (χ1) is 11.7. The number of nitrogens with one attached hydrogen (secondary N) is 1. The number of aromatic amines is 1. The molecule has 0 radical (unpaired) electrons. The molecule has 2 aliphatic rings. The molecule has 2 heterocycles. The van der Waals surface area contributed by atoms with E-state index in [0.29, 0.717) is 24.2 Å². The Morgan fingerprint density at radius 3 is 3.08 bits per heavy atom. The number of hydrogen-bond donors (Lipinski definition) is 2. The van der Waals surface area contributed by atoms with Crippen molar-refractivity contribution in [2.24, 2.45) is 5.92 Å². The number of halogens is 1. The Balaban J connectivity index is 1.62. The summed E-state index contributed by atoms with van der Waals surface area (Å²) in [6.45, 7) is 2.16. The number of nitrogens with zero attached hydrogens (tertiary/aromatic N) is 1. The van der Waals surface area contributed by atoms with Gasteiger partial charge in [-0.15, -0.1) is 0 Å². The zero-order valence-corrected chi connectivity index (χ0v) is 13.4. The van der Waals surface area contributed by atoms with Crippen molar-refractivity contribution < 1.29 is 14.2 Å². The maximum absolute atomic E-state index is 14.0. The van der Waals surface area contributed by atoms with Crippen molar-refractivity contribution in [3.05, 3.63) is 46.0 Å². The van der Waals surface area contributed by atoms with Gasteiger partial charge in [0.15, 0.2) is 5.43 Å². The number of benzene rings is 1. The van der Waals surface area contributed by atoms with Crippen LogP contribution in [0.5, 0.6) is 0 Å². The van der Waals surface area contributed by atoms with Crippen molar-refractivity contribution in [1.29, 1.82) is 0 Å². The molecule has 5 nitrogen and oxygen atoms in total. The summed E-state index contributed by atoms with van der Waals surface area (Å²) in [6.07, 6.45) is 1.91. The summed E-state index contributed by atoms with van der Waals surface area (Å²) in [5.41, 5.74) is 0.817. The second kappa shape index (κ2) is 6.27. The molecule has 1 aliphatic carbocycles. The zero-order chi connectivity index (χ0) is 16.7. The van der Waals surface area contributed by atoms with Gasteiger partial charge >= 0.3 is 0 Å². The lowest BCUT2D eigenvalue weighted by atomic mass is 10.1. The zero-order valence-electron chi connectivity index (χ0n) is 13.4. The first kappa shape index (κ1) is 15.7. The third kappa shape index (κ3) is 2.75. The number of para-hydroxylation sites is 1. The summed E-state index contributed by atoms with van der Waals surface area (Å²) >= 11 is 0. The summed E-state index contributed by atoms with van der Waals surface area (Å²) in [4.78, 5) is 17.6. The fourth-order valence-corrected chi connectivity index (χ4v) is 4.06. The van der Waals surface area contributed by atoms with E-state index in [1.165, 1.54) is 6.07 Å². The molecule has 2 fully saturated rings. The van der Waals surface area contributed by atoms with Crippen LogP contribution in [-0.4, -0.2) is 46.9 Å². The smallest absolute Gasteiger partial charge is 0.189 e. The van der Waals surface area contributed by atoms with E-state index in [1.54, 1.807) is 18.2 Å². The topological polar surface area (TPSA) is 65.6 Å². The quantitative estimate of drug-likeness (QED) is 0.897. The second-order valence-corrected chi connectivity index (χ2v) is 6.79. The van der Waals surface area contributed by atoms with Gasteiger partial charge in [0.2, 0.25) is 0 Å². The molecule has 128 valence electrons. The van der Waals surface area contributed by atoms with Gasteiger partial charge in [0.05, 0.1) is 18.2 Å². The number of aromatic nitrogens is 1. The summed E-state index contributed by atoms with van der Waals surface area (Å²) < 4.78 is 19.8. The average molecular weight is 332 g/mol. The third-order valence-corrected chi connectivity index (χ3v) is 5.25. The number of morpholine rings is 1. The minimum Gasteiger partial charge on any atom is -0.396 e. The lowest BCUT2D eigenvalue weighted by molar-refractivity contribution is -0.0594. The largest absolute Gasteiger partial charge is 0.396 e. The van der Waals surface area contributed by atoms with Crippen LogP contribution in [0.4, 0.5) is 4.39 Å². The molecule has 2 aromatic rings. The molecule has 0 spiro atoms. The maximum atomic E-state index is 14.0. The van der Waals surface area contributed by atoms with Gasteiger partial charge in [-0.2, -0.15) is 0 Å². The molecule has 3 atom stereocenters. The van der Waals surface area contributed by atoms with Crippen LogP contribution in [0.1, 0.15) is 18.5 Å². The Labute approximate surface area is 139 Å². The number of fused-ring (bicyclic) bond motifs is 2. The van der Waals surface area contributed by atoms with E-state index in [-0.39, 0.29) is 35.6 Å². The first-order valence-electron chi connectivity index (χ1n) is 8.42. The molecule has 24 heavy (non-hydrogen) atoms. The van der Waals surface area contributed by atoms with Crippen LogP contribution in [0, 0.1) is 11.7 Å². The molecule has 1 aromatic carbocycles. The van der Waals surface area contributed by atoms with E-state index in [1.807, 2.05) is 0 Å². The van der Waals surface area contributed by atoms with E-state index < -0.39 is 5.82 Å². The van der Waals surface area contributed by atoms with E-state index in [9.17, 15) is 14.3 Å². The van der Waals surface area contributed by atoms with Crippen molar-refractivity contribution in [1.82, 2.24) is 9.88 Å². The number of aliphatic hydroxyl groups is 1. The molecule has 1 aromatic heterocycles. The molecule has 1 saturated heterocycles. The Morgan fingerprint density at radius 1 is 1.38 bits per heavy atom. The van der Waals surface area contributed by atoms with Gasteiger partial charge in [0.1, 0.15) is 5.82 Å². The molecule has 1 saturated carbocycles. The van der Waals surface area contributed by atoms with Crippen LogP contribution in [0.3, 0.4) is 0 Å². The van der Waals surface area contributed by atoms with Gasteiger partial charge in [-0.25, -0.2) is 4.39 Å². The molecule has 2 N–H and O–H groups in total. The van der Waals surface area contributed by atoms with Crippen LogP contribution < -0.4 is 5.43 Å². The van der Waals surface area contributed by atoms with Crippen molar-refractivity contribution in [3.63, 3.8) is 0 Å². The number of H-pyrrole nitrogens is 1. The van der Waals surface area contributed by atoms with Crippen LogP contribution >= 0.6 is 0 Å². The van der Waals surface area contributed by atoms with Gasteiger partial charge in [-0.05, 0) is 30.9 Å². The van der Waals surface area contributed by atoms with Crippen LogP contribution in [0.15, 0.2) is 29.1 Å². The normalized spacial score (nSPS) is 27.5. The second-order valence-electron chi connectivity index (χ2n) is 6.79. The molecule has 1 aliphatic heterocycles. The highest BCUT2D eigenvalue weighted by atomic mass is 19.1. The number of ether oxygens (including phenoxy) is 1. The summed E-state index contributed by atoms with van der Waals surface area (Å²) in [5.74, 6) is -0.138. The summed E-state index contributed by atoms with van der Waals surface area (Å²) in [6, 6.07) is 6.34. The standard InChI is InChI=1S/C18H21FN2O3/c19-14-3-1-2-13-16(23)8-12(20-18(13)14)9-21-4-5-24-17-7-11(10-22)6-15(17)21/h1-3,8,11,15,17,22H,4-7,9-10H2,(H,20,23)/t11-,15+,17+/m1/s1. The predicted octanol–water partition coefficient (Wildman–Crippen LogP) is 1.64. The fraction of sp³-hybridized carbons (Fsp3) is 0.500. The Morgan fingerprint density at radius 2 is 2.25 bits per heavy atom. The molecule has 0 unspecified atom stereocenters. The highest BCUT2D eigenvalue weighted by Gasteiger charge is 2.40. The fourth-order valence-electron chi connectivity index (χ4n) is 4.06. The number of rotatable bonds is 3. The molecule has 0 amide bonds. The van der Waals surface area contributed by atoms with Crippen molar-refractivity contribution in [3.8, 4) is 0 Å². The lowest BCUT2D eigenvalue weighted by Gasteiger charge is -2.37. The first-order valence-corrected chi connectivity index (χ1v) is 8.42. The SMILES string of the molecule is O=c1cc(CN2CCO[C@H]3C[C@H](CO)C[C@@H]32)[nH]c2c(F)cccc12. The Hall–Kier alpha value is -1.76. The average Bonchev–Trinajstić information content (AvgIpc) is 3.00. The van der Waals surface area contributed by atoms with Gasteiger partial charge in [0.25, 0.3) is 0 Å². The molecular formula is C18H21FN2O3. The van der Waals surface area contributed by atoms with E-state index in [2.05, 4.69) is 9.88 Å². The molecule has 6 heteroatoms. The van der Waals surface area contributed by atoms with Crippen molar-refractivity contribution >= 4 is 10.9 Å². The highest BCUT2D eigenvalue weighted by Crippen LogP contribution is 2.34. The minimum atomic E-state index is -0.410. The minimum absolute atomic E-state index is 0.139. The molecular weight excluding hydrogens is 311 g/mol. The van der Waals surface area contributed by atoms with Gasteiger partial charge in [-0.3, -0.25) is 9.69 Å².